The molecule has 1 aromatic heterocycles. The Morgan fingerprint density at radius 1 is 1.27 bits per heavy atom. The summed E-state index contributed by atoms with van der Waals surface area (Å²) in [6.07, 6.45) is -0.571. The minimum Gasteiger partial charge on any atom is -0.349 e. The van der Waals surface area contributed by atoms with Gasteiger partial charge in [0.15, 0.2) is 0 Å². The minimum atomic E-state index is -4.46. The van der Waals surface area contributed by atoms with Crippen LogP contribution in [0.2, 0.25) is 0 Å². The number of hydrogen-bond donors (Lipinski definition) is 1. The summed E-state index contributed by atoms with van der Waals surface area (Å²) in [5.74, 6) is -0.525. The van der Waals surface area contributed by atoms with Crippen LogP contribution in [0.5, 0.6) is 0 Å². The smallest absolute Gasteiger partial charge is 0.349 e. The lowest BCUT2D eigenvalue weighted by Gasteiger charge is -2.14. The average molecular weight is 308 g/mol. The fraction of sp³-hybridized carbons (Fsp3) is 0.250. The Hall–Kier alpha value is -2.37. The molecule has 1 amide bonds. The number of aromatic nitrogens is 1. The molecule has 1 aromatic carbocycles. The second kappa shape index (κ2) is 6.60. The van der Waals surface area contributed by atoms with Crippen molar-refractivity contribution >= 4 is 5.91 Å². The zero-order valence-corrected chi connectivity index (χ0v) is 11.9. The first-order valence-corrected chi connectivity index (χ1v) is 6.73. The third-order valence-electron chi connectivity index (χ3n) is 3.09. The van der Waals surface area contributed by atoms with Gasteiger partial charge in [-0.3, -0.25) is 9.78 Å². The summed E-state index contributed by atoms with van der Waals surface area (Å²) < 4.78 is 37.9. The molecule has 0 aliphatic carbocycles. The zero-order valence-electron chi connectivity index (χ0n) is 11.9. The summed E-state index contributed by atoms with van der Waals surface area (Å²) in [5, 5.41) is 2.69. The second-order valence-electron chi connectivity index (χ2n) is 5.02. The maximum atomic E-state index is 12.6. The summed E-state index contributed by atoms with van der Waals surface area (Å²) >= 11 is 0. The molecule has 22 heavy (non-hydrogen) atoms. The van der Waals surface area contributed by atoms with E-state index in [9.17, 15) is 18.0 Å². The molecule has 0 fully saturated rings. The van der Waals surface area contributed by atoms with Crippen LogP contribution in [0.15, 0.2) is 48.8 Å². The van der Waals surface area contributed by atoms with E-state index in [1.165, 1.54) is 12.1 Å². The molecule has 6 heteroatoms. The number of benzene rings is 1. The molecule has 0 aliphatic rings. The third kappa shape index (κ3) is 4.31. The number of nitrogens with zero attached hydrogens (tertiary/aromatic N) is 1. The summed E-state index contributed by atoms with van der Waals surface area (Å²) in [6.45, 7) is 1.79. The Balaban J connectivity index is 2.03. The highest BCUT2D eigenvalue weighted by atomic mass is 19.4. The van der Waals surface area contributed by atoms with Gasteiger partial charge in [-0.1, -0.05) is 12.1 Å². The molecular formula is C16H15F3N2O. The molecule has 1 unspecified atom stereocenters. The Morgan fingerprint density at radius 3 is 2.68 bits per heavy atom. The first-order chi connectivity index (χ1) is 10.4. The predicted octanol–water partition coefficient (Wildman–Crippen LogP) is 3.46. The van der Waals surface area contributed by atoms with Gasteiger partial charge >= 0.3 is 6.18 Å². The predicted molar refractivity (Wildman–Crippen MR) is 76.3 cm³/mol. The van der Waals surface area contributed by atoms with Crippen LogP contribution >= 0.6 is 0 Å². The normalized spacial score (nSPS) is 12.7. The average Bonchev–Trinajstić information content (AvgIpc) is 2.47. The van der Waals surface area contributed by atoms with Crippen molar-refractivity contribution in [2.45, 2.75) is 25.6 Å². The van der Waals surface area contributed by atoms with Gasteiger partial charge in [0, 0.05) is 24.0 Å². The molecule has 1 heterocycles. The van der Waals surface area contributed by atoms with E-state index in [-0.39, 0.29) is 11.6 Å². The van der Waals surface area contributed by atoms with Crippen molar-refractivity contribution < 1.29 is 18.0 Å². The van der Waals surface area contributed by atoms with Crippen LogP contribution in [-0.4, -0.2) is 16.9 Å². The zero-order chi connectivity index (χ0) is 16.2. The lowest BCUT2D eigenvalue weighted by molar-refractivity contribution is -0.137. The van der Waals surface area contributed by atoms with Crippen LogP contribution in [0.3, 0.4) is 0 Å². The van der Waals surface area contributed by atoms with E-state index >= 15 is 0 Å². The number of amides is 1. The third-order valence-corrected chi connectivity index (χ3v) is 3.09. The molecule has 0 saturated heterocycles. The lowest BCUT2D eigenvalue weighted by Crippen LogP contribution is -2.34. The maximum absolute atomic E-state index is 12.6. The van der Waals surface area contributed by atoms with Gasteiger partial charge in [-0.05, 0) is 43.2 Å². The number of rotatable bonds is 4. The van der Waals surface area contributed by atoms with Crippen molar-refractivity contribution in [1.82, 2.24) is 10.3 Å². The van der Waals surface area contributed by atoms with Crippen LogP contribution in [0.1, 0.15) is 28.4 Å². The van der Waals surface area contributed by atoms with Crippen molar-refractivity contribution in [1.29, 1.82) is 0 Å². The summed E-state index contributed by atoms with van der Waals surface area (Å²) in [6, 6.07) is 7.83. The van der Waals surface area contributed by atoms with Crippen molar-refractivity contribution in [3.05, 3.63) is 65.5 Å². The highest BCUT2D eigenvalue weighted by Crippen LogP contribution is 2.29. The standard InChI is InChI=1S/C16H15F3N2O/c1-11(8-12-4-3-7-20-10-12)21-15(22)13-5-2-6-14(9-13)16(17,18)19/h2-7,9-11H,8H2,1H3,(H,21,22). The van der Waals surface area contributed by atoms with E-state index in [4.69, 9.17) is 0 Å². The largest absolute Gasteiger partial charge is 0.416 e. The Morgan fingerprint density at radius 2 is 2.05 bits per heavy atom. The van der Waals surface area contributed by atoms with Gasteiger partial charge in [-0.15, -0.1) is 0 Å². The van der Waals surface area contributed by atoms with Gasteiger partial charge in [-0.25, -0.2) is 0 Å². The molecule has 116 valence electrons. The van der Waals surface area contributed by atoms with Gasteiger partial charge in [0.2, 0.25) is 0 Å². The maximum Gasteiger partial charge on any atom is 0.416 e. The minimum absolute atomic E-state index is 0.00661. The summed E-state index contributed by atoms with van der Waals surface area (Å²) in [5.41, 5.74) is 0.104. The number of alkyl halides is 3. The molecule has 3 nitrogen and oxygen atoms in total. The number of carbonyl (C=O) groups excluding carboxylic acids is 1. The number of carbonyl (C=O) groups is 1. The number of nitrogens with one attached hydrogen (secondary N) is 1. The fourth-order valence-electron chi connectivity index (χ4n) is 2.07. The number of hydrogen-bond acceptors (Lipinski definition) is 2. The topological polar surface area (TPSA) is 42.0 Å². The summed E-state index contributed by atoms with van der Waals surface area (Å²) in [4.78, 5) is 16.0. The number of halogens is 3. The van der Waals surface area contributed by atoms with Crippen LogP contribution in [0.4, 0.5) is 13.2 Å². The van der Waals surface area contributed by atoms with E-state index < -0.39 is 17.6 Å². The lowest BCUT2D eigenvalue weighted by atomic mass is 10.1. The van der Waals surface area contributed by atoms with Crippen LogP contribution in [0, 0.1) is 0 Å². The molecular weight excluding hydrogens is 293 g/mol. The van der Waals surface area contributed by atoms with Crippen LogP contribution < -0.4 is 5.32 Å². The van der Waals surface area contributed by atoms with Gasteiger partial charge in [0.1, 0.15) is 0 Å². The highest BCUT2D eigenvalue weighted by molar-refractivity contribution is 5.94. The summed E-state index contributed by atoms with van der Waals surface area (Å²) in [7, 11) is 0. The molecule has 0 saturated carbocycles. The quantitative estimate of drug-likeness (QED) is 0.940. The van der Waals surface area contributed by atoms with Gasteiger partial charge < -0.3 is 5.32 Å². The van der Waals surface area contributed by atoms with E-state index in [0.29, 0.717) is 6.42 Å². The highest BCUT2D eigenvalue weighted by Gasteiger charge is 2.30. The van der Waals surface area contributed by atoms with Gasteiger partial charge in [0.25, 0.3) is 5.91 Å². The molecule has 1 atom stereocenters. The molecule has 0 aliphatic heterocycles. The van der Waals surface area contributed by atoms with Crippen molar-refractivity contribution in [3.8, 4) is 0 Å². The monoisotopic (exact) mass is 308 g/mol. The molecule has 0 bridgehead atoms. The van der Waals surface area contributed by atoms with Crippen molar-refractivity contribution in [2.24, 2.45) is 0 Å². The number of pyridine rings is 1. The SMILES string of the molecule is CC(Cc1cccnc1)NC(=O)c1cccc(C(F)(F)F)c1. The van der Waals surface area contributed by atoms with E-state index in [1.54, 1.807) is 25.4 Å². The first kappa shape index (κ1) is 16.0. The second-order valence-corrected chi connectivity index (χ2v) is 5.02. The van der Waals surface area contributed by atoms with Crippen LogP contribution in [-0.2, 0) is 12.6 Å². The van der Waals surface area contributed by atoms with E-state index in [2.05, 4.69) is 10.3 Å². The van der Waals surface area contributed by atoms with Crippen molar-refractivity contribution in [3.63, 3.8) is 0 Å². The van der Waals surface area contributed by atoms with Crippen molar-refractivity contribution in [2.75, 3.05) is 0 Å². The van der Waals surface area contributed by atoms with Gasteiger partial charge in [0.05, 0.1) is 5.56 Å². The molecule has 0 spiro atoms. The van der Waals surface area contributed by atoms with E-state index in [1.807, 2.05) is 6.07 Å². The van der Waals surface area contributed by atoms with Crippen LogP contribution in [0.25, 0.3) is 0 Å². The Labute approximate surface area is 126 Å². The molecule has 2 aromatic rings. The molecule has 1 N–H and O–H groups in total. The Kier molecular flexibility index (Phi) is 4.80. The first-order valence-electron chi connectivity index (χ1n) is 6.73. The Bertz CT molecular complexity index is 641. The fourth-order valence-corrected chi connectivity index (χ4v) is 2.07. The van der Waals surface area contributed by atoms with Gasteiger partial charge in [-0.2, -0.15) is 13.2 Å². The van der Waals surface area contributed by atoms with E-state index in [0.717, 1.165) is 17.7 Å². The molecule has 2 rings (SSSR count). The molecule has 0 radical (unpaired) electrons.